The summed E-state index contributed by atoms with van der Waals surface area (Å²) < 4.78 is 38.9. The molecular weight excluding hydrogens is 534 g/mol. The number of allylic oxidation sites excluding steroid dienone is 1. The first-order valence-corrected chi connectivity index (χ1v) is 14.8. The molecule has 40 heavy (non-hydrogen) atoms. The first-order chi connectivity index (χ1) is 19.2. The summed E-state index contributed by atoms with van der Waals surface area (Å²) in [7, 11) is -4.31. The molecule has 2 aromatic carbocycles. The van der Waals surface area contributed by atoms with Gasteiger partial charge in [-0.2, -0.15) is 5.26 Å². The van der Waals surface area contributed by atoms with E-state index in [1.807, 2.05) is 18.2 Å². The molecule has 3 aromatic rings. The highest BCUT2D eigenvalue weighted by Crippen LogP contribution is 2.30. The summed E-state index contributed by atoms with van der Waals surface area (Å²) in [5, 5.41) is 41.8. The minimum atomic E-state index is -4.31. The lowest BCUT2D eigenvalue weighted by molar-refractivity contribution is -0.257. The average molecular weight is 568 g/mol. The Morgan fingerprint density at radius 1 is 1.05 bits per heavy atom. The predicted octanol–water partition coefficient (Wildman–Crippen LogP) is 2.95. The van der Waals surface area contributed by atoms with Crippen LogP contribution in [0.1, 0.15) is 31.9 Å². The number of nitriles is 1. The number of hydrogen-bond donors (Lipinski definition) is 4. The van der Waals surface area contributed by atoms with Gasteiger partial charge < -0.3 is 29.4 Å². The molecule has 1 aromatic heterocycles. The van der Waals surface area contributed by atoms with E-state index < -0.39 is 52.0 Å². The number of benzene rings is 2. The number of nitrogens with one attached hydrogen (secondary N) is 1. The van der Waals surface area contributed by atoms with Crippen molar-refractivity contribution >= 4 is 32.6 Å². The molecule has 0 amide bonds. The number of furan rings is 1. The van der Waals surface area contributed by atoms with E-state index in [4.69, 9.17) is 9.15 Å². The van der Waals surface area contributed by atoms with E-state index in [1.165, 1.54) is 31.9 Å². The minimum Gasteiger partial charge on any atom is -0.457 e. The van der Waals surface area contributed by atoms with Crippen LogP contribution in [0.15, 0.2) is 57.9 Å². The van der Waals surface area contributed by atoms with Gasteiger partial charge in [0, 0.05) is 42.9 Å². The van der Waals surface area contributed by atoms with Gasteiger partial charge in [-0.05, 0) is 60.4 Å². The molecule has 5 rings (SSSR count). The van der Waals surface area contributed by atoms with Gasteiger partial charge in [0.2, 0.25) is 0 Å². The second-order valence-electron chi connectivity index (χ2n) is 10.4. The molecule has 1 unspecified atom stereocenters. The zero-order valence-corrected chi connectivity index (χ0v) is 22.9. The Balaban J connectivity index is 1.29. The highest BCUT2D eigenvalue weighted by atomic mass is 32.2. The number of piperidine rings is 1. The van der Waals surface area contributed by atoms with E-state index in [0.717, 1.165) is 35.5 Å². The zero-order valence-electron chi connectivity index (χ0n) is 22.1. The molecule has 2 aliphatic heterocycles. The molecule has 3 heterocycles. The van der Waals surface area contributed by atoms with Crippen molar-refractivity contribution in [1.82, 2.24) is 4.72 Å². The fraction of sp³-hybridized carbons (Fsp3) is 0.414. The van der Waals surface area contributed by atoms with Crippen LogP contribution in [0, 0.1) is 17.2 Å². The van der Waals surface area contributed by atoms with Crippen molar-refractivity contribution in [1.29, 1.82) is 5.26 Å². The van der Waals surface area contributed by atoms with Crippen LogP contribution >= 0.6 is 0 Å². The molecule has 212 valence electrons. The number of anilines is 1. The fourth-order valence-electron chi connectivity index (χ4n) is 5.14. The normalized spacial score (nSPS) is 26.1. The summed E-state index contributed by atoms with van der Waals surface area (Å²) in [5.41, 5.74) is 2.03. The van der Waals surface area contributed by atoms with Crippen LogP contribution in [0.4, 0.5) is 5.69 Å². The number of sulfonamides is 1. The highest BCUT2D eigenvalue weighted by Gasteiger charge is 2.41. The second-order valence-corrected chi connectivity index (χ2v) is 12.1. The van der Waals surface area contributed by atoms with Crippen LogP contribution in [-0.2, 0) is 14.8 Å². The summed E-state index contributed by atoms with van der Waals surface area (Å²) in [5.74, 6) is -0.0528. The molecule has 0 saturated carbocycles. The second kappa shape index (κ2) is 11.7. The summed E-state index contributed by atoms with van der Waals surface area (Å²) in [4.78, 5) is 1.81. The first-order valence-electron chi connectivity index (χ1n) is 13.4. The molecule has 0 bridgehead atoms. The first kappa shape index (κ1) is 28.3. The smallest absolute Gasteiger partial charge is 0.250 e. The topological polar surface area (TPSA) is 156 Å². The number of aliphatic hydroxyl groups is 3. The summed E-state index contributed by atoms with van der Waals surface area (Å²) in [6.07, 6.45) is -0.463. The van der Waals surface area contributed by atoms with Gasteiger partial charge in [-0.3, -0.25) is 0 Å². The van der Waals surface area contributed by atoms with Crippen molar-refractivity contribution in [3.63, 3.8) is 0 Å². The maximum Gasteiger partial charge on any atom is 0.250 e. The molecule has 0 aliphatic carbocycles. The lowest BCUT2D eigenvalue weighted by Crippen LogP contribution is -2.56. The highest BCUT2D eigenvalue weighted by molar-refractivity contribution is 7.93. The Hall–Kier alpha value is -3.24. The van der Waals surface area contributed by atoms with Crippen LogP contribution in [-0.4, -0.2) is 68.0 Å². The largest absolute Gasteiger partial charge is 0.457 e. The van der Waals surface area contributed by atoms with Crippen LogP contribution in [0.25, 0.3) is 28.2 Å². The minimum absolute atomic E-state index is 0.172. The monoisotopic (exact) mass is 567 g/mol. The lowest BCUT2D eigenvalue weighted by Gasteiger charge is -2.39. The van der Waals surface area contributed by atoms with E-state index in [9.17, 15) is 29.0 Å². The van der Waals surface area contributed by atoms with Crippen molar-refractivity contribution in [2.75, 3.05) is 24.5 Å². The molecule has 0 spiro atoms. The molecule has 0 radical (unpaired) electrons. The number of rotatable bonds is 7. The summed E-state index contributed by atoms with van der Waals surface area (Å²) in [6.45, 7) is 3.19. The van der Waals surface area contributed by atoms with Crippen molar-refractivity contribution < 1.29 is 32.9 Å². The Morgan fingerprint density at radius 2 is 1.77 bits per heavy atom. The van der Waals surface area contributed by atoms with E-state index in [-0.39, 0.29) is 5.76 Å². The quantitative estimate of drug-likeness (QED) is 0.315. The Morgan fingerprint density at radius 3 is 2.52 bits per heavy atom. The third kappa shape index (κ3) is 5.93. The molecule has 2 saturated heterocycles. The lowest BCUT2D eigenvalue weighted by atomic mass is 9.92. The van der Waals surface area contributed by atoms with Gasteiger partial charge in [-0.1, -0.05) is 25.1 Å². The fourth-order valence-corrected chi connectivity index (χ4v) is 6.07. The Kier molecular flexibility index (Phi) is 8.28. The average Bonchev–Trinajstić information content (AvgIpc) is 3.44. The van der Waals surface area contributed by atoms with Gasteiger partial charge in [0.1, 0.15) is 29.8 Å². The molecular formula is C29H33N3O7S. The van der Waals surface area contributed by atoms with Gasteiger partial charge in [-0.25, -0.2) is 13.1 Å². The Bertz CT molecular complexity index is 1540. The third-order valence-electron chi connectivity index (χ3n) is 7.64. The van der Waals surface area contributed by atoms with Crippen molar-refractivity contribution in [3.05, 3.63) is 59.2 Å². The van der Waals surface area contributed by atoms with E-state index in [1.54, 1.807) is 18.2 Å². The van der Waals surface area contributed by atoms with Gasteiger partial charge in [0.15, 0.2) is 11.2 Å². The maximum absolute atomic E-state index is 12.8. The summed E-state index contributed by atoms with van der Waals surface area (Å²) in [6, 6.07) is 17.3. The molecule has 5 atom stereocenters. The molecule has 4 N–H and O–H groups in total. The number of hydrogen-bond acceptors (Lipinski definition) is 9. The molecule has 2 aliphatic rings. The zero-order chi connectivity index (χ0) is 28.4. The molecule has 2 fully saturated rings. The number of ether oxygens (including phenoxy) is 1. The van der Waals surface area contributed by atoms with Crippen molar-refractivity contribution in [3.8, 4) is 17.4 Å². The van der Waals surface area contributed by atoms with Crippen LogP contribution < -0.4 is 9.62 Å². The van der Waals surface area contributed by atoms with Crippen LogP contribution in [0.2, 0.25) is 0 Å². The van der Waals surface area contributed by atoms with Crippen LogP contribution in [0.5, 0.6) is 0 Å². The van der Waals surface area contributed by atoms with E-state index in [0.29, 0.717) is 5.76 Å². The Labute approximate surface area is 233 Å². The van der Waals surface area contributed by atoms with Crippen LogP contribution in [0.3, 0.4) is 0 Å². The number of fused-ring (bicyclic) bond motifs is 1. The predicted molar refractivity (Wildman–Crippen MR) is 150 cm³/mol. The summed E-state index contributed by atoms with van der Waals surface area (Å²) >= 11 is 0. The van der Waals surface area contributed by atoms with Crippen molar-refractivity contribution in [2.24, 2.45) is 5.92 Å². The van der Waals surface area contributed by atoms with Gasteiger partial charge in [0.25, 0.3) is 10.0 Å². The number of aliphatic hydroxyl groups excluding tert-OH is 3. The SMILES string of the molecule is C[C@H]1C(O)O[C@H](CNS(=O)(=O)/C(C#N)=C/c2ccc(-c3ccc4cc(N5CCCCC5)ccc4c3)o2)[C@@H](O)[C@@H]1O. The van der Waals surface area contributed by atoms with E-state index in [2.05, 4.69) is 27.8 Å². The van der Waals surface area contributed by atoms with Gasteiger partial charge in [0.05, 0.1) is 6.10 Å². The van der Waals surface area contributed by atoms with E-state index >= 15 is 0 Å². The molecule has 10 nitrogen and oxygen atoms in total. The standard InChI is InChI=1S/C29H33N3O7S/c1-18-27(33)28(34)26(39-29(18)35)17-31-40(36,37)24(16-30)15-23-9-10-25(38-23)21-6-5-20-14-22(8-7-19(20)13-21)32-11-3-2-4-12-32/h5-10,13-15,18,26-29,31,33-35H,2-4,11-12,17H2,1H3/b24-15+/t18-,26-,27-,28-,29?/m1/s1. The third-order valence-corrected chi connectivity index (χ3v) is 8.97. The van der Waals surface area contributed by atoms with Gasteiger partial charge in [-0.15, -0.1) is 0 Å². The number of nitrogens with zero attached hydrogens (tertiary/aromatic N) is 2. The van der Waals surface area contributed by atoms with Gasteiger partial charge >= 0.3 is 0 Å². The van der Waals surface area contributed by atoms with Crippen molar-refractivity contribution in [2.45, 2.75) is 50.8 Å². The molecule has 11 heteroatoms. The maximum atomic E-state index is 12.8.